The van der Waals surface area contributed by atoms with Crippen LogP contribution in [-0.2, 0) is 10.0 Å². The molecular weight excluding hydrogens is 344 g/mol. The first-order chi connectivity index (χ1) is 11.8. The Kier molecular flexibility index (Phi) is 4.41. The molecule has 0 saturated heterocycles. The van der Waals surface area contributed by atoms with Crippen molar-refractivity contribution in [3.8, 4) is 22.3 Å². The van der Waals surface area contributed by atoms with Crippen molar-refractivity contribution in [3.05, 3.63) is 77.9 Å². The minimum Gasteiger partial charge on any atom is -0.225 e. The van der Waals surface area contributed by atoms with E-state index in [0.29, 0.717) is 16.7 Å². The van der Waals surface area contributed by atoms with Crippen molar-refractivity contribution in [2.24, 2.45) is 5.14 Å². The molecule has 0 amide bonds. The Morgan fingerprint density at radius 1 is 0.800 bits per heavy atom. The van der Waals surface area contributed by atoms with Gasteiger partial charge in [0.15, 0.2) is 11.6 Å². The summed E-state index contributed by atoms with van der Waals surface area (Å²) in [6, 6.07) is 15.4. The van der Waals surface area contributed by atoms with Crippen molar-refractivity contribution in [1.82, 2.24) is 0 Å². The third-order valence-corrected chi connectivity index (χ3v) is 4.81. The number of nitrogens with two attached hydrogens (primary N) is 1. The maximum atomic E-state index is 13.8. The van der Waals surface area contributed by atoms with Gasteiger partial charge in [0.2, 0.25) is 10.0 Å². The molecule has 0 aliphatic carbocycles. The van der Waals surface area contributed by atoms with Crippen LogP contribution in [0.25, 0.3) is 22.3 Å². The molecule has 128 valence electrons. The van der Waals surface area contributed by atoms with Gasteiger partial charge in [-0.25, -0.2) is 22.3 Å². The van der Waals surface area contributed by atoms with Gasteiger partial charge in [-0.2, -0.15) is 0 Å². The molecule has 0 heterocycles. The monoisotopic (exact) mass is 359 g/mol. The first-order valence-electron chi connectivity index (χ1n) is 7.45. The number of benzene rings is 3. The summed E-state index contributed by atoms with van der Waals surface area (Å²) in [6.45, 7) is 1.91. The van der Waals surface area contributed by atoms with Crippen LogP contribution in [0.3, 0.4) is 0 Å². The Hall–Kier alpha value is -2.57. The Morgan fingerprint density at radius 3 is 1.88 bits per heavy atom. The van der Waals surface area contributed by atoms with Gasteiger partial charge in [-0.05, 0) is 53.4 Å². The molecule has 0 spiro atoms. The number of halogens is 2. The lowest BCUT2D eigenvalue weighted by Gasteiger charge is -2.12. The van der Waals surface area contributed by atoms with Crippen molar-refractivity contribution in [2.45, 2.75) is 11.8 Å². The van der Waals surface area contributed by atoms with Crippen molar-refractivity contribution in [1.29, 1.82) is 0 Å². The summed E-state index contributed by atoms with van der Waals surface area (Å²) in [5.41, 5.74) is 3.27. The zero-order valence-electron chi connectivity index (χ0n) is 13.3. The lowest BCUT2D eigenvalue weighted by Crippen LogP contribution is -2.11. The second-order valence-corrected chi connectivity index (χ2v) is 7.31. The minimum absolute atomic E-state index is 0.0454. The highest BCUT2D eigenvalue weighted by Crippen LogP contribution is 2.34. The Labute approximate surface area is 144 Å². The molecule has 0 unspecified atom stereocenters. The first kappa shape index (κ1) is 17.3. The molecule has 0 aliphatic heterocycles. The van der Waals surface area contributed by atoms with E-state index in [4.69, 9.17) is 5.14 Å². The summed E-state index contributed by atoms with van der Waals surface area (Å²) >= 11 is 0. The number of primary sulfonamides is 1. The zero-order chi connectivity index (χ0) is 18.2. The average Bonchev–Trinajstić information content (AvgIpc) is 2.56. The van der Waals surface area contributed by atoms with Crippen molar-refractivity contribution in [3.63, 3.8) is 0 Å². The summed E-state index contributed by atoms with van der Waals surface area (Å²) in [6.07, 6.45) is 0. The topological polar surface area (TPSA) is 60.2 Å². The molecule has 3 aromatic rings. The third kappa shape index (κ3) is 3.60. The second kappa shape index (κ2) is 6.38. The van der Waals surface area contributed by atoms with E-state index in [9.17, 15) is 17.2 Å². The lowest BCUT2D eigenvalue weighted by atomic mass is 9.93. The molecule has 3 rings (SSSR count). The van der Waals surface area contributed by atoms with Gasteiger partial charge < -0.3 is 0 Å². The summed E-state index contributed by atoms with van der Waals surface area (Å²) in [5.74, 6) is -1.91. The van der Waals surface area contributed by atoms with Gasteiger partial charge >= 0.3 is 0 Å². The standard InChI is InChI=1S/C19H15F2NO2S/c1-12-3-2-4-14(9-12)17-11-19(21)18(20)10-16(17)13-5-7-15(8-6-13)25(22,23)24/h2-11H,1H3,(H2,22,23,24). The van der Waals surface area contributed by atoms with Crippen LogP contribution in [0, 0.1) is 18.6 Å². The van der Waals surface area contributed by atoms with E-state index in [1.807, 2.05) is 31.2 Å². The molecule has 2 N–H and O–H groups in total. The molecule has 0 atom stereocenters. The summed E-state index contributed by atoms with van der Waals surface area (Å²) < 4.78 is 50.4. The molecule has 0 radical (unpaired) electrons. The molecule has 25 heavy (non-hydrogen) atoms. The van der Waals surface area contributed by atoms with Crippen molar-refractivity contribution < 1.29 is 17.2 Å². The van der Waals surface area contributed by atoms with Crippen LogP contribution in [0.15, 0.2) is 65.6 Å². The lowest BCUT2D eigenvalue weighted by molar-refractivity contribution is 0.509. The molecule has 0 saturated carbocycles. The van der Waals surface area contributed by atoms with Gasteiger partial charge in [0, 0.05) is 0 Å². The highest BCUT2D eigenvalue weighted by molar-refractivity contribution is 7.89. The smallest absolute Gasteiger partial charge is 0.225 e. The van der Waals surface area contributed by atoms with E-state index in [2.05, 4.69) is 0 Å². The molecule has 3 aromatic carbocycles. The van der Waals surface area contributed by atoms with Crippen LogP contribution in [0.2, 0.25) is 0 Å². The molecular formula is C19H15F2NO2S. The van der Waals surface area contributed by atoms with Crippen LogP contribution in [0.4, 0.5) is 8.78 Å². The summed E-state index contributed by atoms with van der Waals surface area (Å²) in [5, 5.41) is 5.09. The molecule has 6 heteroatoms. The van der Waals surface area contributed by atoms with E-state index in [1.54, 1.807) is 0 Å². The van der Waals surface area contributed by atoms with Crippen LogP contribution < -0.4 is 5.14 Å². The van der Waals surface area contributed by atoms with E-state index in [1.165, 1.54) is 24.3 Å². The van der Waals surface area contributed by atoms with Crippen LogP contribution in [0.5, 0.6) is 0 Å². The maximum Gasteiger partial charge on any atom is 0.238 e. The van der Waals surface area contributed by atoms with Gasteiger partial charge in [-0.1, -0.05) is 42.0 Å². The third-order valence-electron chi connectivity index (χ3n) is 3.88. The SMILES string of the molecule is Cc1cccc(-c2cc(F)c(F)cc2-c2ccc(S(N)(=O)=O)cc2)c1. The van der Waals surface area contributed by atoms with E-state index < -0.39 is 21.7 Å². The van der Waals surface area contributed by atoms with Gasteiger partial charge in [0.1, 0.15) is 0 Å². The van der Waals surface area contributed by atoms with Crippen molar-refractivity contribution in [2.75, 3.05) is 0 Å². The fraction of sp³-hybridized carbons (Fsp3) is 0.0526. The zero-order valence-corrected chi connectivity index (χ0v) is 14.1. The normalized spacial score (nSPS) is 11.5. The number of sulfonamides is 1. The Balaban J connectivity index is 2.20. The molecule has 0 aliphatic rings. The fourth-order valence-electron chi connectivity index (χ4n) is 2.66. The quantitative estimate of drug-likeness (QED) is 0.760. The fourth-order valence-corrected chi connectivity index (χ4v) is 3.18. The van der Waals surface area contributed by atoms with Crippen LogP contribution in [-0.4, -0.2) is 8.42 Å². The summed E-state index contributed by atoms with van der Waals surface area (Å²) in [7, 11) is -3.82. The molecule has 0 aromatic heterocycles. The second-order valence-electron chi connectivity index (χ2n) is 5.75. The predicted molar refractivity (Wildman–Crippen MR) is 93.3 cm³/mol. The van der Waals surface area contributed by atoms with Gasteiger partial charge in [0.25, 0.3) is 0 Å². The number of aryl methyl sites for hydroxylation is 1. The van der Waals surface area contributed by atoms with Gasteiger partial charge in [-0.15, -0.1) is 0 Å². The number of hydrogen-bond acceptors (Lipinski definition) is 2. The van der Waals surface area contributed by atoms with E-state index in [0.717, 1.165) is 23.3 Å². The van der Waals surface area contributed by atoms with Gasteiger partial charge in [-0.3, -0.25) is 0 Å². The Bertz CT molecular complexity index is 1050. The number of hydrogen-bond donors (Lipinski definition) is 1. The molecule has 0 fully saturated rings. The summed E-state index contributed by atoms with van der Waals surface area (Å²) in [4.78, 5) is -0.0454. The largest absolute Gasteiger partial charge is 0.238 e. The average molecular weight is 359 g/mol. The predicted octanol–water partition coefficient (Wildman–Crippen LogP) is 4.25. The highest BCUT2D eigenvalue weighted by atomic mass is 32.2. The first-order valence-corrected chi connectivity index (χ1v) is 8.99. The van der Waals surface area contributed by atoms with Crippen molar-refractivity contribution >= 4 is 10.0 Å². The minimum atomic E-state index is -3.82. The van der Waals surface area contributed by atoms with Gasteiger partial charge in [0.05, 0.1) is 4.90 Å². The van der Waals surface area contributed by atoms with E-state index in [-0.39, 0.29) is 4.90 Å². The molecule has 3 nitrogen and oxygen atoms in total. The molecule has 0 bridgehead atoms. The van der Waals surface area contributed by atoms with Crippen LogP contribution >= 0.6 is 0 Å². The Morgan fingerprint density at radius 2 is 1.36 bits per heavy atom. The van der Waals surface area contributed by atoms with E-state index >= 15 is 0 Å². The van der Waals surface area contributed by atoms with Crippen LogP contribution in [0.1, 0.15) is 5.56 Å². The highest BCUT2D eigenvalue weighted by Gasteiger charge is 2.14. The number of rotatable bonds is 3. The maximum absolute atomic E-state index is 13.8.